The third-order valence-corrected chi connectivity index (χ3v) is 2.37. The summed E-state index contributed by atoms with van der Waals surface area (Å²) in [4.78, 5) is 0. The largest absolute Gasteiger partial charge is 0.486 e. The van der Waals surface area contributed by atoms with Crippen molar-refractivity contribution in [2.24, 2.45) is 5.73 Å². The van der Waals surface area contributed by atoms with Crippen molar-refractivity contribution in [2.75, 3.05) is 13.2 Å². The number of fused-ring (bicyclic) bond motifs is 1. The summed E-state index contributed by atoms with van der Waals surface area (Å²) >= 11 is 0. The summed E-state index contributed by atoms with van der Waals surface area (Å²) in [5.74, 6) is 1.49. The highest BCUT2D eigenvalue weighted by Crippen LogP contribution is 2.31. The van der Waals surface area contributed by atoms with Gasteiger partial charge in [-0.2, -0.15) is 0 Å². The fraction of sp³-hybridized carbons (Fsp3) is 0.455. The van der Waals surface area contributed by atoms with E-state index in [4.69, 9.17) is 15.2 Å². The van der Waals surface area contributed by atoms with Gasteiger partial charge in [-0.3, -0.25) is 0 Å². The molecule has 4 heteroatoms. The molecule has 4 nitrogen and oxygen atoms in total. The molecule has 0 saturated carbocycles. The van der Waals surface area contributed by atoms with E-state index in [1.54, 1.807) is 0 Å². The molecular formula is C11H15NO3. The van der Waals surface area contributed by atoms with Crippen molar-refractivity contribution in [3.63, 3.8) is 0 Å². The fourth-order valence-electron chi connectivity index (χ4n) is 1.58. The van der Waals surface area contributed by atoms with Crippen LogP contribution < -0.4 is 15.2 Å². The van der Waals surface area contributed by atoms with Crippen LogP contribution in [-0.2, 0) is 0 Å². The molecule has 0 amide bonds. The Labute approximate surface area is 88.6 Å². The maximum Gasteiger partial charge on any atom is 0.161 e. The van der Waals surface area contributed by atoms with Gasteiger partial charge in [0.2, 0.25) is 0 Å². The maximum absolute atomic E-state index is 9.40. The van der Waals surface area contributed by atoms with E-state index in [9.17, 15) is 5.11 Å². The molecule has 1 aliphatic rings. The minimum absolute atomic E-state index is 0.113. The monoisotopic (exact) mass is 209 g/mol. The van der Waals surface area contributed by atoms with Crippen LogP contribution in [0.3, 0.4) is 0 Å². The van der Waals surface area contributed by atoms with Gasteiger partial charge in [-0.05, 0) is 12.1 Å². The van der Waals surface area contributed by atoms with Crippen molar-refractivity contribution in [3.8, 4) is 11.5 Å². The van der Waals surface area contributed by atoms with E-state index in [1.807, 2.05) is 24.3 Å². The van der Waals surface area contributed by atoms with Gasteiger partial charge in [0.05, 0.1) is 6.10 Å². The predicted molar refractivity (Wildman–Crippen MR) is 56.0 cm³/mol. The number of hydrogen-bond acceptors (Lipinski definition) is 4. The molecule has 15 heavy (non-hydrogen) atoms. The summed E-state index contributed by atoms with van der Waals surface area (Å²) < 4.78 is 11.2. The van der Waals surface area contributed by atoms with Crippen molar-refractivity contribution in [3.05, 3.63) is 24.3 Å². The predicted octanol–water partition coefficient (Wildman–Crippen LogP) is 0.536. The van der Waals surface area contributed by atoms with Crippen LogP contribution in [0.25, 0.3) is 0 Å². The van der Waals surface area contributed by atoms with Gasteiger partial charge >= 0.3 is 0 Å². The molecule has 1 heterocycles. The lowest BCUT2D eigenvalue weighted by Gasteiger charge is -2.27. The number of ether oxygens (including phenoxy) is 2. The van der Waals surface area contributed by atoms with Crippen molar-refractivity contribution in [1.82, 2.24) is 0 Å². The molecule has 0 radical (unpaired) electrons. The Kier molecular flexibility index (Phi) is 3.08. The van der Waals surface area contributed by atoms with E-state index >= 15 is 0 Å². The first kappa shape index (κ1) is 10.3. The zero-order chi connectivity index (χ0) is 10.7. The molecule has 0 bridgehead atoms. The van der Waals surface area contributed by atoms with E-state index in [-0.39, 0.29) is 12.6 Å². The molecule has 1 aromatic rings. The van der Waals surface area contributed by atoms with Gasteiger partial charge < -0.3 is 20.3 Å². The third kappa shape index (κ3) is 2.40. The molecule has 0 fully saturated rings. The van der Waals surface area contributed by atoms with Crippen LogP contribution in [0.2, 0.25) is 0 Å². The highest BCUT2D eigenvalue weighted by Gasteiger charge is 2.22. The topological polar surface area (TPSA) is 64.7 Å². The highest BCUT2D eigenvalue weighted by atomic mass is 16.6. The first-order valence-corrected chi connectivity index (χ1v) is 5.06. The van der Waals surface area contributed by atoms with Crippen LogP contribution in [0.1, 0.15) is 6.42 Å². The molecule has 0 spiro atoms. The highest BCUT2D eigenvalue weighted by molar-refractivity contribution is 5.40. The zero-order valence-electron chi connectivity index (χ0n) is 8.43. The van der Waals surface area contributed by atoms with E-state index < -0.39 is 6.10 Å². The Hall–Kier alpha value is -1.26. The van der Waals surface area contributed by atoms with Gasteiger partial charge in [-0.1, -0.05) is 12.1 Å². The average molecular weight is 209 g/mol. The summed E-state index contributed by atoms with van der Waals surface area (Å²) in [5.41, 5.74) is 5.34. The van der Waals surface area contributed by atoms with Gasteiger partial charge in [-0.15, -0.1) is 0 Å². The third-order valence-electron chi connectivity index (χ3n) is 2.37. The van der Waals surface area contributed by atoms with Crippen LogP contribution in [0.5, 0.6) is 11.5 Å². The Bertz CT molecular complexity index is 329. The molecular weight excluding hydrogens is 194 g/mol. The molecule has 2 rings (SSSR count). The molecule has 3 N–H and O–H groups in total. The number of aliphatic hydroxyl groups is 1. The molecule has 0 aliphatic carbocycles. The first-order valence-electron chi connectivity index (χ1n) is 5.06. The summed E-state index contributed by atoms with van der Waals surface area (Å²) in [5, 5.41) is 9.40. The lowest BCUT2D eigenvalue weighted by Crippen LogP contribution is -2.35. The van der Waals surface area contributed by atoms with Gasteiger partial charge in [0.1, 0.15) is 12.7 Å². The molecule has 2 unspecified atom stereocenters. The SMILES string of the molecule is NCC(O)CC1COc2ccccc2O1. The Morgan fingerprint density at radius 2 is 2.13 bits per heavy atom. The number of rotatable bonds is 3. The summed E-state index contributed by atoms with van der Waals surface area (Å²) in [6, 6.07) is 7.52. The van der Waals surface area contributed by atoms with E-state index in [0.717, 1.165) is 11.5 Å². The van der Waals surface area contributed by atoms with Gasteiger partial charge in [0.25, 0.3) is 0 Å². The number of aliphatic hydroxyl groups excluding tert-OH is 1. The molecule has 1 aromatic carbocycles. The van der Waals surface area contributed by atoms with E-state index in [0.29, 0.717) is 13.0 Å². The van der Waals surface area contributed by atoms with Crippen LogP contribution >= 0.6 is 0 Å². The normalized spacial score (nSPS) is 21.1. The summed E-state index contributed by atoms with van der Waals surface area (Å²) in [6.07, 6.45) is -0.132. The lowest BCUT2D eigenvalue weighted by atomic mass is 10.1. The summed E-state index contributed by atoms with van der Waals surface area (Å²) in [6.45, 7) is 0.718. The number of para-hydroxylation sites is 2. The molecule has 1 aliphatic heterocycles. The van der Waals surface area contributed by atoms with Crippen LogP contribution in [0.4, 0.5) is 0 Å². The van der Waals surface area contributed by atoms with Crippen LogP contribution in [0, 0.1) is 0 Å². The molecule has 0 saturated heterocycles. The van der Waals surface area contributed by atoms with Crippen LogP contribution in [-0.4, -0.2) is 30.5 Å². The molecule has 2 atom stereocenters. The van der Waals surface area contributed by atoms with Gasteiger partial charge in [-0.25, -0.2) is 0 Å². The van der Waals surface area contributed by atoms with E-state index in [2.05, 4.69) is 0 Å². The zero-order valence-corrected chi connectivity index (χ0v) is 8.43. The first-order chi connectivity index (χ1) is 7.29. The summed E-state index contributed by atoms with van der Waals surface area (Å²) in [7, 11) is 0. The standard InChI is InChI=1S/C11H15NO3/c12-6-8(13)5-9-7-14-10-3-1-2-4-11(10)15-9/h1-4,8-9,13H,5-7,12H2. The van der Waals surface area contributed by atoms with Crippen molar-refractivity contribution < 1.29 is 14.6 Å². The Morgan fingerprint density at radius 1 is 1.40 bits per heavy atom. The number of benzene rings is 1. The minimum atomic E-state index is -0.524. The fourth-order valence-corrected chi connectivity index (χ4v) is 1.58. The second-order valence-electron chi connectivity index (χ2n) is 3.62. The van der Waals surface area contributed by atoms with Gasteiger partial charge in [0.15, 0.2) is 11.5 Å². The Morgan fingerprint density at radius 3 is 2.87 bits per heavy atom. The maximum atomic E-state index is 9.40. The quantitative estimate of drug-likeness (QED) is 0.762. The van der Waals surface area contributed by atoms with Gasteiger partial charge in [0, 0.05) is 13.0 Å². The van der Waals surface area contributed by atoms with Crippen molar-refractivity contribution in [1.29, 1.82) is 0 Å². The average Bonchev–Trinajstić information content (AvgIpc) is 2.29. The second kappa shape index (κ2) is 4.51. The molecule has 0 aromatic heterocycles. The number of nitrogens with two attached hydrogens (primary N) is 1. The lowest BCUT2D eigenvalue weighted by molar-refractivity contribution is 0.0452. The van der Waals surface area contributed by atoms with Crippen molar-refractivity contribution >= 4 is 0 Å². The minimum Gasteiger partial charge on any atom is -0.486 e. The van der Waals surface area contributed by atoms with Crippen LogP contribution in [0.15, 0.2) is 24.3 Å². The number of hydrogen-bond donors (Lipinski definition) is 2. The molecule has 82 valence electrons. The smallest absolute Gasteiger partial charge is 0.161 e. The Balaban J connectivity index is 1.99. The van der Waals surface area contributed by atoms with E-state index in [1.165, 1.54) is 0 Å². The second-order valence-corrected chi connectivity index (χ2v) is 3.62. The van der Waals surface area contributed by atoms with Crippen molar-refractivity contribution in [2.45, 2.75) is 18.6 Å².